The lowest BCUT2D eigenvalue weighted by atomic mass is 9.92. The topological polar surface area (TPSA) is 47.7 Å². The zero-order valence-electron chi connectivity index (χ0n) is 13.0. The van der Waals surface area contributed by atoms with Crippen molar-refractivity contribution in [2.75, 3.05) is 33.4 Å². The molecule has 0 amide bonds. The third kappa shape index (κ3) is 5.73. The summed E-state index contributed by atoms with van der Waals surface area (Å²) in [6, 6.07) is 8.02. The predicted molar refractivity (Wildman–Crippen MR) is 88.6 cm³/mol. The molecule has 2 N–H and O–H groups in total. The van der Waals surface area contributed by atoms with Gasteiger partial charge in [-0.2, -0.15) is 0 Å². The first-order chi connectivity index (χ1) is 9.69. The molecule has 1 aromatic rings. The van der Waals surface area contributed by atoms with Crippen molar-refractivity contribution in [2.24, 2.45) is 11.7 Å². The van der Waals surface area contributed by atoms with Gasteiger partial charge in [-0.25, -0.2) is 0 Å². The summed E-state index contributed by atoms with van der Waals surface area (Å²) in [6.07, 6.45) is 2.50. The number of benzene rings is 1. The van der Waals surface area contributed by atoms with E-state index < -0.39 is 0 Å². The Morgan fingerprint density at radius 2 is 1.95 bits per heavy atom. The Morgan fingerprint density at radius 1 is 1.29 bits per heavy atom. The zero-order valence-corrected chi connectivity index (χ0v) is 13.8. The number of nitrogens with zero attached hydrogens (tertiary/aromatic N) is 1. The average Bonchev–Trinajstić information content (AvgIpc) is 2.48. The standard InChI is InChI=1S/C16H26N2O2.ClH/c1-13(17)14-4-3-9-18(12-14)10-11-20-16-7-5-15(19-2)6-8-16;/h5-8,13-14H,3-4,9-12,17H2,1-2H3;1H. The molecular formula is C16H27ClN2O2. The molecule has 1 heterocycles. The number of piperidine rings is 1. The van der Waals surface area contributed by atoms with Crippen LogP contribution >= 0.6 is 12.4 Å². The average molecular weight is 315 g/mol. The van der Waals surface area contributed by atoms with Gasteiger partial charge in [0.25, 0.3) is 0 Å². The molecule has 2 atom stereocenters. The minimum Gasteiger partial charge on any atom is -0.497 e. The summed E-state index contributed by atoms with van der Waals surface area (Å²) in [5.41, 5.74) is 6.01. The summed E-state index contributed by atoms with van der Waals surface area (Å²) in [5.74, 6) is 2.38. The molecule has 1 aliphatic rings. The largest absolute Gasteiger partial charge is 0.497 e. The molecule has 0 radical (unpaired) electrons. The number of likely N-dealkylation sites (tertiary alicyclic amines) is 1. The van der Waals surface area contributed by atoms with E-state index in [2.05, 4.69) is 11.8 Å². The molecule has 5 heteroatoms. The number of nitrogens with two attached hydrogens (primary N) is 1. The molecular weight excluding hydrogens is 288 g/mol. The third-order valence-corrected chi connectivity index (χ3v) is 4.02. The van der Waals surface area contributed by atoms with Gasteiger partial charge in [0.1, 0.15) is 18.1 Å². The molecule has 120 valence electrons. The Labute approximate surface area is 134 Å². The third-order valence-electron chi connectivity index (χ3n) is 4.02. The van der Waals surface area contributed by atoms with Gasteiger partial charge < -0.3 is 15.2 Å². The molecule has 1 saturated heterocycles. The van der Waals surface area contributed by atoms with E-state index in [9.17, 15) is 0 Å². The second-order valence-electron chi connectivity index (χ2n) is 5.59. The van der Waals surface area contributed by atoms with Crippen LogP contribution in [0.15, 0.2) is 24.3 Å². The van der Waals surface area contributed by atoms with Gasteiger partial charge in [0.2, 0.25) is 0 Å². The molecule has 2 rings (SSSR count). The van der Waals surface area contributed by atoms with E-state index in [4.69, 9.17) is 15.2 Å². The normalized spacial score (nSPS) is 20.4. The van der Waals surface area contributed by atoms with E-state index in [-0.39, 0.29) is 12.4 Å². The molecule has 0 aromatic heterocycles. The van der Waals surface area contributed by atoms with E-state index in [0.29, 0.717) is 12.0 Å². The second kappa shape index (κ2) is 9.13. The van der Waals surface area contributed by atoms with Crippen molar-refractivity contribution < 1.29 is 9.47 Å². The number of hydrogen-bond donors (Lipinski definition) is 1. The van der Waals surface area contributed by atoms with Crippen LogP contribution in [0.1, 0.15) is 19.8 Å². The number of halogens is 1. The summed E-state index contributed by atoms with van der Waals surface area (Å²) in [7, 11) is 1.67. The Balaban J connectivity index is 0.00000220. The van der Waals surface area contributed by atoms with Crippen molar-refractivity contribution in [3.8, 4) is 11.5 Å². The Bertz CT molecular complexity index is 398. The van der Waals surface area contributed by atoms with Crippen LogP contribution < -0.4 is 15.2 Å². The fourth-order valence-corrected chi connectivity index (χ4v) is 2.69. The lowest BCUT2D eigenvalue weighted by Gasteiger charge is -2.34. The van der Waals surface area contributed by atoms with E-state index in [1.165, 1.54) is 12.8 Å². The molecule has 1 aromatic carbocycles. The van der Waals surface area contributed by atoms with Crippen LogP contribution in [0, 0.1) is 5.92 Å². The van der Waals surface area contributed by atoms with Gasteiger partial charge >= 0.3 is 0 Å². The Morgan fingerprint density at radius 3 is 2.57 bits per heavy atom. The fourth-order valence-electron chi connectivity index (χ4n) is 2.69. The molecule has 4 nitrogen and oxygen atoms in total. The van der Waals surface area contributed by atoms with Crippen molar-refractivity contribution in [3.05, 3.63) is 24.3 Å². The first kappa shape index (κ1) is 18.1. The maximum Gasteiger partial charge on any atom is 0.119 e. The summed E-state index contributed by atoms with van der Waals surface area (Å²) in [4.78, 5) is 2.46. The smallest absolute Gasteiger partial charge is 0.119 e. The Hall–Kier alpha value is -0.970. The van der Waals surface area contributed by atoms with Crippen molar-refractivity contribution >= 4 is 12.4 Å². The molecule has 21 heavy (non-hydrogen) atoms. The minimum absolute atomic E-state index is 0. The number of methoxy groups -OCH3 is 1. The molecule has 0 aliphatic carbocycles. The van der Waals surface area contributed by atoms with Gasteiger partial charge in [-0.3, -0.25) is 4.90 Å². The van der Waals surface area contributed by atoms with Crippen molar-refractivity contribution in [1.29, 1.82) is 0 Å². The first-order valence-electron chi connectivity index (χ1n) is 7.44. The van der Waals surface area contributed by atoms with Gasteiger partial charge in [0, 0.05) is 19.1 Å². The van der Waals surface area contributed by atoms with Crippen molar-refractivity contribution in [2.45, 2.75) is 25.8 Å². The summed E-state index contributed by atoms with van der Waals surface area (Å²) in [6.45, 7) is 6.06. The maximum atomic E-state index is 6.01. The summed E-state index contributed by atoms with van der Waals surface area (Å²) in [5, 5.41) is 0. The molecule has 0 bridgehead atoms. The minimum atomic E-state index is 0. The number of hydrogen-bond acceptors (Lipinski definition) is 4. The zero-order chi connectivity index (χ0) is 14.4. The number of rotatable bonds is 6. The van der Waals surface area contributed by atoms with Gasteiger partial charge in [-0.15, -0.1) is 12.4 Å². The fraction of sp³-hybridized carbons (Fsp3) is 0.625. The molecule has 0 saturated carbocycles. The summed E-state index contributed by atoms with van der Waals surface area (Å²) < 4.78 is 10.9. The van der Waals surface area contributed by atoms with Crippen LogP contribution in [0.2, 0.25) is 0 Å². The van der Waals surface area contributed by atoms with Crippen LogP contribution in [0.25, 0.3) is 0 Å². The Kier molecular flexibility index (Phi) is 7.86. The number of ether oxygens (including phenoxy) is 2. The SMILES string of the molecule is COc1ccc(OCCN2CCCC(C(C)N)C2)cc1.Cl. The van der Waals surface area contributed by atoms with E-state index >= 15 is 0 Å². The highest BCUT2D eigenvalue weighted by Crippen LogP contribution is 2.19. The second-order valence-corrected chi connectivity index (χ2v) is 5.59. The van der Waals surface area contributed by atoms with Crippen LogP contribution in [-0.4, -0.2) is 44.3 Å². The molecule has 1 fully saturated rings. The van der Waals surface area contributed by atoms with Crippen molar-refractivity contribution in [1.82, 2.24) is 4.90 Å². The monoisotopic (exact) mass is 314 g/mol. The van der Waals surface area contributed by atoms with Gasteiger partial charge in [0.05, 0.1) is 7.11 Å². The first-order valence-corrected chi connectivity index (χ1v) is 7.44. The van der Waals surface area contributed by atoms with E-state index in [1.807, 2.05) is 24.3 Å². The van der Waals surface area contributed by atoms with E-state index in [0.717, 1.165) is 37.7 Å². The lowest BCUT2D eigenvalue weighted by Crippen LogP contribution is -2.43. The van der Waals surface area contributed by atoms with Crippen LogP contribution in [0.4, 0.5) is 0 Å². The van der Waals surface area contributed by atoms with Gasteiger partial charge in [0.15, 0.2) is 0 Å². The van der Waals surface area contributed by atoms with E-state index in [1.54, 1.807) is 7.11 Å². The summed E-state index contributed by atoms with van der Waals surface area (Å²) >= 11 is 0. The predicted octanol–water partition coefficient (Wildman–Crippen LogP) is 2.56. The highest BCUT2D eigenvalue weighted by molar-refractivity contribution is 5.85. The maximum absolute atomic E-state index is 6.01. The highest BCUT2D eigenvalue weighted by Gasteiger charge is 2.22. The van der Waals surface area contributed by atoms with Gasteiger partial charge in [-0.05, 0) is 56.5 Å². The van der Waals surface area contributed by atoms with Crippen LogP contribution in [0.5, 0.6) is 11.5 Å². The van der Waals surface area contributed by atoms with Gasteiger partial charge in [-0.1, -0.05) is 0 Å². The molecule has 0 spiro atoms. The van der Waals surface area contributed by atoms with Crippen molar-refractivity contribution in [3.63, 3.8) is 0 Å². The highest BCUT2D eigenvalue weighted by atomic mass is 35.5. The molecule has 2 unspecified atom stereocenters. The quantitative estimate of drug-likeness (QED) is 0.876. The molecule has 1 aliphatic heterocycles. The lowest BCUT2D eigenvalue weighted by molar-refractivity contribution is 0.137. The van der Waals surface area contributed by atoms with Crippen LogP contribution in [0.3, 0.4) is 0 Å². The van der Waals surface area contributed by atoms with Crippen LogP contribution in [-0.2, 0) is 0 Å².